The minimum absolute atomic E-state index is 0.0674. The summed E-state index contributed by atoms with van der Waals surface area (Å²) in [7, 11) is 0. The maximum atomic E-state index is 13.8. The van der Waals surface area contributed by atoms with Crippen LogP contribution in [0.2, 0.25) is 0 Å². The highest BCUT2D eigenvalue weighted by Gasteiger charge is 2.50. The van der Waals surface area contributed by atoms with E-state index < -0.39 is 23.2 Å². The molecule has 9 heteroatoms. The summed E-state index contributed by atoms with van der Waals surface area (Å²) in [4.78, 5) is 17.5. The zero-order chi connectivity index (χ0) is 23.7. The molecule has 1 aliphatic heterocycles. The summed E-state index contributed by atoms with van der Waals surface area (Å²) in [5, 5.41) is 15.9. The Morgan fingerprint density at radius 1 is 1.27 bits per heavy atom. The first kappa shape index (κ1) is 23.5. The number of carbonyl (C=O) groups is 1. The van der Waals surface area contributed by atoms with Crippen LogP contribution in [0, 0.1) is 17.2 Å². The fraction of sp³-hybridized carbons (Fsp3) is 0.542. The molecule has 1 aliphatic carbocycles. The fourth-order valence-electron chi connectivity index (χ4n) is 5.37. The van der Waals surface area contributed by atoms with Crippen LogP contribution in [0.4, 0.5) is 13.2 Å². The number of fused-ring (bicyclic) bond motifs is 1. The van der Waals surface area contributed by atoms with Crippen LogP contribution in [0.3, 0.4) is 0 Å². The normalized spacial score (nSPS) is 25.4. The van der Waals surface area contributed by atoms with Crippen molar-refractivity contribution in [2.24, 2.45) is 11.7 Å². The van der Waals surface area contributed by atoms with Gasteiger partial charge in [0.15, 0.2) is 0 Å². The largest absolute Gasteiger partial charge is 0.393 e. The fourth-order valence-corrected chi connectivity index (χ4v) is 5.37. The molecule has 1 saturated heterocycles. The van der Waals surface area contributed by atoms with Gasteiger partial charge in [0.25, 0.3) is 0 Å². The molecule has 1 aromatic heterocycles. The first-order chi connectivity index (χ1) is 15.7. The van der Waals surface area contributed by atoms with E-state index in [0.717, 1.165) is 32.1 Å². The van der Waals surface area contributed by atoms with Gasteiger partial charge in [-0.25, -0.2) is 0 Å². The summed E-state index contributed by atoms with van der Waals surface area (Å²) < 4.78 is 41.3. The molecule has 176 valence electrons. The summed E-state index contributed by atoms with van der Waals surface area (Å²) in [6.07, 6.45) is 1.30. The highest BCUT2D eigenvalue weighted by atomic mass is 19.4. The average molecular weight is 460 g/mol. The Morgan fingerprint density at radius 3 is 2.73 bits per heavy atom. The lowest BCUT2D eigenvalue weighted by molar-refractivity contribution is -0.185. The van der Waals surface area contributed by atoms with Crippen LogP contribution in [-0.4, -0.2) is 35.7 Å². The zero-order valence-electron chi connectivity index (χ0n) is 18.3. The summed E-state index contributed by atoms with van der Waals surface area (Å²) in [5.74, 6) is -1.99. The first-order valence-electron chi connectivity index (χ1n) is 11.3. The molecule has 0 spiro atoms. The number of nitrogens with one attached hydrogen (secondary N) is 2. The van der Waals surface area contributed by atoms with Crippen molar-refractivity contribution in [1.29, 1.82) is 5.26 Å². The van der Waals surface area contributed by atoms with Crippen LogP contribution in [0.1, 0.15) is 56.1 Å². The number of pyridine rings is 1. The van der Waals surface area contributed by atoms with E-state index in [4.69, 9.17) is 5.73 Å². The number of piperidine rings is 1. The van der Waals surface area contributed by atoms with Crippen molar-refractivity contribution in [2.75, 3.05) is 13.1 Å². The maximum Gasteiger partial charge on any atom is 0.393 e. The van der Waals surface area contributed by atoms with Crippen LogP contribution in [0.5, 0.6) is 0 Å². The Hall–Kier alpha value is -2.70. The number of rotatable bonds is 4. The van der Waals surface area contributed by atoms with E-state index >= 15 is 0 Å². The number of halogens is 3. The minimum atomic E-state index is -4.41. The van der Waals surface area contributed by atoms with Gasteiger partial charge < -0.3 is 16.4 Å². The second-order valence-electron chi connectivity index (χ2n) is 9.48. The van der Waals surface area contributed by atoms with Gasteiger partial charge in [0.2, 0.25) is 5.91 Å². The molecule has 33 heavy (non-hydrogen) atoms. The highest BCUT2D eigenvalue weighted by Crippen LogP contribution is 2.41. The predicted molar refractivity (Wildman–Crippen MR) is 118 cm³/mol. The Kier molecular flexibility index (Phi) is 6.34. The number of nitriles is 1. The Morgan fingerprint density at radius 2 is 2.03 bits per heavy atom. The molecular formula is C24H28F3N5O. The summed E-state index contributed by atoms with van der Waals surface area (Å²) in [6.45, 7) is -0.0762. The molecule has 4 N–H and O–H groups in total. The summed E-state index contributed by atoms with van der Waals surface area (Å²) in [5.41, 5.74) is 5.78. The van der Waals surface area contributed by atoms with Crippen molar-refractivity contribution in [3.8, 4) is 6.07 Å². The molecule has 2 aromatic rings. The number of amides is 1. The summed E-state index contributed by atoms with van der Waals surface area (Å²) >= 11 is 0. The number of aromatic nitrogens is 1. The van der Waals surface area contributed by atoms with Gasteiger partial charge >= 0.3 is 6.18 Å². The third-order valence-electron chi connectivity index (χ3n) is 7.02. The Labute approximate surface area is 190 Å². The van der Waals surface area contributed by atoms with Gasteiger partial charge in [0.1, 0.15) is 6.07 Å². The number of nitrogens with zero attached hydrogens (tertiary/aromatic N) is 2. The van der Waals surface area contributed by atoms with Gasteiger partial charge in [-0.15, -0.1) is 0 Å². The molecule has 1 saturated carbocycles. The lowest BCUT2D eigenvalue weighted by Gasteiger charge is -2.44. The summed E-state index contributed by atoms with van der Waals surface area (Å²) in [6, 6.07) is 8.69. The first-order valence-corrected chi connectivity index (χ1v) is 11.3. The molecule has 2 fully saturated rings. The Bertz CT molecular complexity index is 1070. The van der Waals surface area contributed by atoms with Crippen molar-refractivity contribution in [1.82, 2.24) is 15.6 Å². The number of alkyl halides is 3. The molecular weight excluding hydrogens is 431 g/mol. The lowest BCUT2D eigenvalue weighted by Crippen LogP contribution is -2.60. The van der Waals surface area contributed by atoms with Gasteiger partial charge in [-0.1, -0.05) is 31.4 Å². The molecule has 2 atom stereocenters. The number of nitrogens with two attached hydrogens (primary N) is 1. The molecule has 1 amide bonds. The van der Waals surface area contributed by atoms with Crippen molar-refractivity contribution >= 4 is 16.8 Å². The molecule has 4 rings (SSSR count). The number of hydrogen-bond acceptors (Lipinski definition) is 5. The van der Waals surface area contributed by atoms with Crippen LogP contribution < -0.4 is 16.4 Å². The molecule has 2 heterocycles. The average Bonchev–Trinajstić information content (AvgIpc) is 2.78. The SMILES string of the molecule is N#Cc1ccc([C@@]2(NC(=O)CC3(N)CCCCC3)CNC[C@@H](C(F)(F)F)C2)c2cccnc12. The van der Waals surface area contributed by atoms with Gasteiger partial charge in [-0.05, 0) is 37.0 Å². The molecule has 2 aliphatic rings. The van der Waals surface area contributed by atoms with E-state index in [9.17, 15) is 23.2 Å². The number of hydrogen-bond donors (Lipinski definition) is 3. The smallest absolute Gasteiger partial charge is 0.345 e. The lowest BCUT2D eigenvalue weighted by atomic mass is 9.75. The van der Waals surface area contributed by atoms with E-state index in [-0.39, 0.29) is 31.8 Å². The second kappa shape index (κ2) is 8.92. The predicted octanol–water partition coefficient (Wildman–Crippen LogP) is 3.64. The van der Waals surface area contributed by atoms with Gasteiger partial charge in [-0.2, -0.15) is 18.4 Å². The highest BCUT2D eigenvalue weighted by molar-refractivity contribution is 5.89. The second-order valence-corrected chi connectivity index (χ2v) is 9.48. The van der Waals surface area contributed by atoms with Gasteiger partial charge in [0.05, 0.1) is 22.5 Å². The maximum absolute atomic E-state index is 13.8. The number of carbonyl (C=O) groups excluding carboxylic acids is 1. The topological polar surface area (TPSA) is 104 Å². The standard InChI is InChI=1S/C24H28F3N5O/c25-24(26,27)17-11-23(15-30-14-17,32-20(33)12-22(29)8-2-1-3-9-22)19-7-6-16(13-28)21-18(19)5-4-10-31-21/h4-7,10,17,30H,1-3,8-9,11-12,14-15,29H2,(H,32,33)/t17-,23-/m0/s1. The zero-order valence-corrected chi connectivity index (χ0v) is 18.3. The van der Waals surface area contributed by atoms with Crippen molar-refractivity contribution in [3.63, 3.8) is 0 Å². The molecule has 0 bridgehead atoms. The van der Waals surface area contributed by atoms with Crippen LogP contribution in [-0.2, 0) is 10.3 Å². The van der Waals surface area contributed by atoms with Gasteiger partial charge in [-0.3, -0.25) is 9.78 Å². The van der Waals surface area contributed by atoms with E-state index in [1.54, 1.807) is 24.3 Å². The quantitative estimate of drug-likeness (QED) is 0.648. The molecule has 6 nitrogen and oxygen atoms in total. The third kappa shape index (κ3) is 4.82. The van der Waals surface area contributed by atoms with Crippen LogP contribution >= 0.6 is 0 Å². The molecule has 0 unspecified atom stereocenters. The van der Waals surface area contributed by atoms with Crippen molar-refractivity contribution in [3.05, 3.63) is 41.6 Å². The van der Waals surface area contributed by atoms with Crippen molar-refractivity contribution < 1.29 is 18.0 Å². The van der Waals surface area contributed by atoms with E-state index in [2.05, 4.69) is 21.7 Å². The van der Waals surface area contributed by atoms with Crippen LogP contribution in [0.25, 0.3) is 10.9 Å². The minimum Gasteiger partial charge on any atom is -0.345 e. The monoisotopic (exact) mass is 459 g/mol. The third-order valence-corrected chi connectivity index (χ3v) is 7.02. The van der Waals surface area contributed by atoms with E-state index in [1.165, 1.54) is 6.20 Å². The van der Waals surface area contributed by atoms with E-state index in [1.807, 2.05) is 0 Å². The molecule has 1 aromatic carbocycles. The van der Waals surface area contributed by atoms with Crippen LogP contribution in [0.15, 0.2) is 30.5 Å². The van der Waals surface area contributed by atoms with E-state index in [0.29, 0.717) is 22.0 Å². The Balaban J connectivity index is 1.75. The number of benzene rings is 1. The van der Waals surface area contributed by atoms with Gasteiger partial charge in [0, 0.05) is 36.6 Å². The molecule has 0 radical (unpaired) electrons. The van der Waals surface area contributed by atoms with Crippen molar-refractivity contribution in [2.45, 2.75) is 62.2 Å².